The van der Waals surface area contributed by atoms with Crippen LogP contribution in [0.5, 0.6) is 11.5 Å². The quantitative estimate of drug-likeness (QED) is 0.742. The number of aryl methyl sites for hydroxylation is 2. The van der Waals surface area contributed by atoms with Crippen LogP contribution in [0.4, 0.5) is 5.69 Å². The minimum absolute atomic E-state index is 0.196. The summed E-state index contributed by atoms with van der Waals surface area (Å²) in [4.78, 5) is 39.8. The third-order valence-electron chi connectivity index (χ3n) is 5.57. The summed E-state index contributed by atoms with van der Waals surface area (Å²) in [6.45, 7) is 3.90. The van der Waals surface area contributed by atoms with Crippen molar-refractivity contribution < 1.29 is 28.6 Å². The summed E-state index contributed by atoms with van der Waals surface area (Å²) in [7, 11) is 2.90. The molecule has 1 fully saturated rings. The van der Waals surface area contributed by atoms with Crippen molar-refractivity contribution in [1.29, 1.82) is 0 Å². The molecule has 8 heteroatoms. The number of ether oxygens (including phenoxy) is 3. The molecule has 0 spiro atoms. The van der Waals surface area contributed by atoms with E-state index in [4.69, 9.17) is 14.2 Å². The maximum absolute atomic E-state index is 13.1. The first-order chi connectivity index (χ1) is 14.8. The fraction of sp³-hybridized carbons (Fsp3) is 0.348. The van der Waals surface area contributed by atoms with E-state index in [-0.39, 0.29) is 29.5 Å². The second-order valence-electron chi connectivity index (χ2n) is 7.74. The molecule has 0 aliphatic carbocycles. The molecular formula is C23H24N2O6. The predicted octanol–water partition coefficient (Wildman–Crippen LogP) is 3.12. The number of cyclic esters (lactones) is 1. The van der Waals surface area contributed by atoms with E-state index in [0.717, 1.165) is 11.1 Å². The molecule has 2 aliphatic rings. The van der Waals surface area contributed by atoms with Crippen LogP contribution in [0.25, 0.3) is 0 Å². The van der Waals surface area contributed by atoms with Gasteiger partial charge < -0.3 is 19.5 Å². The van der Waals surface area contributed by atoms with E-state index in [9.17, 15) is 14.4 Å². The molecule has 4 rings (SSSR count). The average molecular weight is 424 g/mol. The van der Waals surface area contributed by atoms with Crippen LogP contribution in [0.15, 0.2) is 30.3 Å². The zero-order chi connectivity index (χ0) is 22.3. The van der Waals surface area contributed by atoms with Gasteiger partial charge in [0, 0.05) is 17.7 Å². The molecule has 162 valence electrons. The number of rotatable bonds is 5. The van der Waals surface area contributed by atoms with Crippen LogP contribution >= 0.6 is 0 Å². The average Bonchev–Trinajstić information content (AvgIpc) is 3.26. The van der Waals surface area contributed by atoms with Gasteiger partial charge in [-0.25, -0.2) is 4.79 Å². The van der Waals surface area contributed by atoms with E-state index >= 15 is 0 Å². The van der Waals surface area contributed by atoms with E-state index in [2.05, 4.69) is 5.32 Å². The van der Waals surface area contributed by atoms with Crippen LogP contribution in [0.3, 0.4) is 0 Å². The molecule has 2 amide bonds. The van der Waals surface area contributed by atoms with Crippen molar-refractivity contribution in [1.82, 2.24) is 4.90 Å². The van der Waals surface area contributed by atoms with E-state index in [1.807, 2.05) is 32.0 Å². The van der Waals surface area contributed by atoms with Crippen molar-refractivity contribution in [3.05, 3.63) is 52.6 Å². The zero-order valence-corrected chi connectivity index (χ0v) is 17.9. The van der Waals surface area contributed by atoms with Crippen LogP contribution in [0, 0.1) is 13.8 Å². The molecule has 0 aromatic heterocycles. The Morgan fingerprint density at radius 2 is 1.81 bits per heavy atom. The van der Waals surface area contributed by atoms with Gasteiger partial charge in [-0.3, -0.25) is 14.5 Å². The Morgan fingerprint density at radius 3 is 2.45 bits per heavy atom. The topological polar surface area (TPSA) is 94.2 Å². The fourth-order valence-electron chi connectivity index (χ4n) is 4.32. The number of nitrogens with one attached hydrogen (secondary N) is 1. The minimum atomic E-state index is -0.993. The van der Waals surface area contributed by atoms with Gasteiger partial charge in [0.1, 0.15) is 11.6 Å². The Hall–Kier alpha value is -3.55. The summed E-state index contributed by atoms with van der Waals surface area (Å²) in [6.07, 6.45) is -0.458. The number of benzene rings is 2. The van der Waals surface area contributed by atoms with Crippen molar-refractivity contribution in [2.75, 3.05) is 19.5 Å². The molecule has 2 aromatic carbocycles. The Kier molecular flexibility index (Phi) is 5.31. The van der Waals surface area contributed by atoms with Crippen LogP contribution in [-0.2, 0) is 14.3 Å². The monoisotopic (exact) mass is 424 g/mol. The number of nitrogens with zero attached hydrogens (tertiary/aromatic N) is 1. The largest absolute Gasteiger partial charge is 0.493 e. The number of hydrogen-bond donors (Lipinski definition) is 1. The first-order valence-electron chi connectivity index (χ1n) is 10.00. The second-order valence-corrected chi connectivity index (χ2v) is 7.74. The molecule has 1 saturated heterocycles. The molecule has 31 heavy (non-hydrogen) atoms. The zero-order valence-electron chi connectivity index (χ0n) is 17.9. The van der Waals surface area contributed by atoms with Gasteiger partial charge in [0.25, 0.3) is 0 Å². The molecule has 2 aromatic rings. The minimum Gasteiger partial charge on any atom is -0.493 e. The van der Waals surface area contributed by atoms with Crippen molar-refractivity contribution in [2.24, 2.45) is 0 Å². The third kappa shape index (κ3) is 3.58. The van der Waals surface area contributed by atoms with Crippen molar-refractivity contribution >= 4 is 23.5 Å². The molecule has 1 N–H and O–H groups in total. The Bertz CT molecular complexity index is 1060. The highest BCUT2D eigenvalue weighted by Gasteiger charge is 2.47. The lowest BCUT2D eigenvalue weighted by Crippen LogP contribution is -2.43. The number of fused-ring (bicyclic) bond motifs is 1. The Labute approximate surface area is 180 Å². The summed E-state index contributed by atoms with van der Waals surface area (Å²) >= 11 is 0. The van der Waals surface area contributed by atoms with Crippen molar-refractivity contribution in [3.8, 4) is 11.5 Å². The van der Waals surface area contributed by atoms with E-state index < -0.39 is 18.2 Å². The summed E-state index contributed by atoms with van der Waals surface area (Å²) in [5.74, 6) is -0.558. The maximum atomic E-state index is 13.1. The molecule has 0 radical (unpaired) electrons. The standard InChI is InChI=1S/C23H24N2O6/c1-12-9-13(2)11-14(10-12)24-21(27)16-6-8-18(26)25(16)22-15-5-7-17(29-3)20(30-4)19(15)23(28)31-22/h5,7,9-11,16,22H,6,8H2,1-4H3,(H,24,27)/t16-,22-/m0/s1. The molecule has 2 heterocycles. The van der Waals surface area contributed by atoms with Crippen molar-refractivity contribution in [2.45, 2.75) is 39.0 Å². The van der Waals surface area contributed by atoms with Gasteiger partial charge in [0.2, 0.25) is 18.0 Å². The normalized spacial score (nSPS) is 19.8. The van der Waals surface area contributed by atoms with Gasteiger partial charge in [0.05, 0.1) is 14.2 Å². The second kappa shape index (κ2) is 7.94. The van der Waals surface area contributed by atoms with Crippen molar-refractivity contribution in [3.63, 3.8) is 0 Å². The summed E-state index contributed by atoms with van der Waals surface area (Å²) in [5.41, 5.74) is 3.39. The van der Waals surface area contributed by atoms with E-state index in [1.165, 1.54) is 19.1 Å². The summed E-state index contributed by atoms with van der Waals surface area (Å²) in [5, 5.41) is 2.90. The lowest BCUT2D eigenvalue weighted by atomic mass is 10.0. The fourth-order valence-corrected chi connectivity index (χ4v) is 4.32. The van der Waals surface area contributed by atoms with Gasteiger partial charge in [-0.2, -0.15) is 0 Å². The number of amides is 2. The summed E-state index contributed by atoms with van der Waals surface area (Å²) in [6, 6.07) is 8.30. The van der Waals surface area contributed by atoms with E-state index in [1.54, 1.807) is 12.1 Å². The Morgan fingerprint density at radius 1 is 1.10 bits per heavy atom. The number of carbonyl (C=O) groups is 3. The smallest absolute Gasteiger partial charge is 0.344 e. The van der Waals surface area contributed by atoms with Crippen LogP contribution in [-0.4, -0.2) is 42.9 Å². The molecule has 2 aliphatic heterocycles. The number of likely N-dealkylation sites (tertiary alicyclic amines) is 1. The Balaban J connectivity index is 1.65. The lowest BCUT2D eigenvalue weighted by Gasteiger charge is -2.29. The van der Waals surface area contributed by atoms with Gasteiger partial charge in [0.15, 0.2) is 11.5 Å². The predicted molar refractivity (Wildman–Crippen MR) is 112 cm³/mol. The molecule has 0 unspecified atom stereocenters. The lowest BCUT2D eigenvalue weighted by molar-refractivity contribution is -0.144. The van der Waals surface area contributed by atoms with Gasteiger partial charge in [-0.05, 0) is 55.7 Å². The molecule has 8 nitrogen and oxygen atoms in total. The SMILES string of the molecule is COc1ccc2c(c1OC)C(=O)O[C@@H]2N1C(=O)CC[C@H]1C(=O)Nc1cc(C)cc(C)c1. The van der Waals surface area contributed by atoms with Gasteiger partial charge in [-0.15, -0.1) is 0 Å². The molecule has 0 saturated carbocycles. The van der Waals surface area contributed by atoms with Gasteiger partial charge >= 0.3 is 5.97 Å². The molecular weight excluding hydrogens is 400 g/mol. The first-order valence-corrected chi connectivity index (χ1v) is 10.00. The number of methoxy groups -OCH3 is 2. The number of anilines is 1. The number of hydrogen-bond acceptors (Lipinski definition) is 6. The number of esters is 1. The summed E-state index contributed by atoms with van der Waals surface area (Å²) < 4.78 is 16.2. The van der Waals surface area contributed by atoms with Crippen LogP contribution in [0.1, 0.15) is 46.1 Å². The highest BCUT2D eigenvalue weighted by atomic mass is 16.6. The molecule has 2 atom stereocenters. The third-order valence-corrected chi connectivity index (χ3v) is 5.57. The highest BCUT2D eigenvalue weighted by Crippen LogP contribution is 2.45. The van der Waals surface area contributed by atoms with Crippen LogP contribution in [0.2, 0.25) is 0 Å². The van der Waals surface area contributed by atoms with Crippen LogP contribution < -0.4 is 14.8 Å². The highest BCUT2D eigenvalue weighted by molar-refractivity contribution is 6.01. The maximum Gasteiger partial charge on any atom is 0.344 e. The molecule has 0 bridgehead atoms. The van der Waals surface area contributed by atoms with Gasteiger partial charge in [-0.1, -0.05) is 6.07 Å². The van der Waals surface area contributed by atoms with E-state index in [0.29, 0.717) is 23.4 Å². The first kappa shape index (κ1) is 20.7. The number of carbonyl (C=O) groups excluding carboxylic acids is 3.